The van der Waals surface area contributed by atoms with Crippen LogP contribution in [0.2, 0.25) is 0 Å². The van der Waals surface area contributed by atoms with Crippen molar-refractivity contribution in [3.05, 3.63) is 66.7 Å². The molecule has 4 aromatic rings. The number of benzene rings is 3. The number of nitrogens with zero attached hydrogens (tertiary/aromatic N) is 2. The topological polar surface area (TPSA) is 77.6 Å². The third-order valence-electron chi connectivity index (χ3n) is 4.31. The number of aliphatic hydroxyl groups is 1. The van der Waals surface area contributed by atoms with E-state index in [-0.39, 0.29) is 6.61 Å². The Morgan fingerprint density at radius 3 is 2.52 bits per heavy atom. The third kappa shape index (κ3) is 4.88. The summed E-state index contributed by atoms with van der Waals surface area (Å²) in [6.45, 7) is 0.185. The fraction of sp³-hybridized carbons (Fsp3) is 0.182. The minimum Gasteiger partial charge on any atom is -0.497 e. The Morgan fingerprint density at radius 1 is 0.966 bits per heavy atom. The van der Waals surface area contributed by atoms with E-state index in [1.165, 1.54) is 11.8 Å². The normalized spacial score (nSPS) is 12.1. The average Bonchev–Trinajstić information content (AvgIpc) is 3.25. The zero-order valence-electron chi connectivity index (χ0n) is 15.8. The van der Waals surface area contributed by atoms with Gasteiger partial charge in [-0.1, -0.05) is 42.1 Å². The van der Waals surface area contributed by atoms with Gasteiger partial charge in [-0.3, -0.25) is 0 Å². The van der Waals surface area contributed by atoms with Gasteiger partial charge in [-0.05, 0) is 47.2 Å². The minimum absolute atomic E-state index is 0.185. The van der Waals surface area contributed by atoms with Gasteiger partial charge >= 0.3 is 0 Å². The van der Waals surface area contributed by atoms with Crippen molar-refractivity contribution in [1.82, 2.24) is 10.2 Å². The lowest BCUT2D eigenvalue weighted by atomic mass is 10.1. The highest BCUT2D eigenvalue weighted by Crippen LogP contribution is 2.25. The first kappa shape index (κ1) is 19.3. The summed E-state index contributed by atoms with van der Waals surface area (Å²) in [5, 5.41) is 20.9. The third-order valence-corrected chi connectivity index (χ3v) is 5.27. The Morgan fingerprint density at radius 2 is 1.72 bits per heavy atom. The molecule has 29 heavy (non-hydrogen) atoms. The number of aromatic nitrogens is 2. The lowest BCUT2D eigenvalue weighted by Gasteiger charge is -2.11. The van der Waals surface area contributed by atoms with Crippen molar-refractivity contribution in [1.29, 1.82) is 0 Å². The van der Waals surface area contributed by atoms with Crippen molar-refractivity contribution in [2.24, 2.45) is 0 Å². The van der Waals surface area contributed by atoms with Crippen LogP contribution in [0.1, 0.15) is 0 Å². The molecule has 1 heterocycles. The zero-order chi connectivity index (χ0) is 20.1. The molecule has 1 aromatic heterocycles. The quantitative estimate of drug-likeness (QED) is 0.432. The summed E-state index contributed by atoms with van der Waals surface area (Å²) in [6, 6.07) is 21.3. The molecule has 0 aliphatic rings. The van der Waals surface area contributed by atoms with Crippen LogP contribution in [0.15, 0.2) is 76.4 Å². The molecule has 0 spiro atoms. The molecule has 1 unspecified atom stereocenters. The van der Waals surface area contributed by atoms with E-state index >= 15 is 0 Å². The summed E-state index contributed by atoms with van der Waals surface area (Å²) >= 11 is 1.29. The SMILES string of the molecule is COc1ccc(-c2nnc(SCC(O)COc3ccc4ccccc4c3)o2)cc1. The number of hydrogen-bond acceptors (Lipinski definition) is 7. The second-order valence-electron chi connectivity index (χ2n) is 6.39. The van der Waals surface area contributed by atoms with E-state index in [2.05, 4.69) is 16.3 Å². The molecule has 0 radical (unpaired) electrons. The lowest BCUT2D eigenvalue weighted by Crippen LogP contribution is -2.20. The number of fused-ring (bicyclic) bond motifs is 1. The summed E-state index contributed by atoms with van der Waals surface area (Å²) in [5.74, 6) is 2.31. The molecule has 0 amide bonds. The van der Waals surface area contributed by atoms with Crippen molar-refractivity contribution < 1.29 is 19.0 Å². The van der Waals surface area contributed by atoms with Gasteiger partial charge in [-0.15, -0.1) is 10.2 Å². The summed E-state index contributed by atoms with van der Waals surface area (Å²) in [5.41, 5.74) is 0.810. The van der Waals surface area contributed by atoms with Crippen LogP contribution in [0.4, 0.5) is 0 Å². The van der Waals surface area contributed by atoms with Crippen LogP contribution in [-0.4, -0.2) is 40.9 Å². The van der Waals surface area contributed by atoms with Gasteiger partial charge in [0.15, 0.2) is 0 Å². The predicted molar refractivity (Wildman–Crippen MR) is 112 cm³/mol. The van der Waals surface area contributed by atoms with Gasteiger partial charge in [-0.25, -0.2) is 0 Å². The number of thioether (sulfide) groups is 1. The highest BCUT2D eigenvalue weighted by Gasteiger charge is 2.13. The second-order valence-corrected chi connectivity index (χ2v) is 7.36. The van der Waals surface area contributed by atoms with E-state index in [0.29, 0.717) is 16.9 Å². The largest absolute Gasteiger partial charge is 0.497 e. The Hall–Kier alpha value is -3.03. The van der Waals surface area contributed by atoms with E-state index in [1.807, 2.05) is 60.7 Å². The van der Waals surface area contributed by atoms with Crippen LogP contribution in [0.25, 0.3) is 22.2 Å². The van der Waals surface area contributed by atoms with Crippen LogP contribution in [0.5, 0.6) is 11.5 Å². The van der Waals surface area contributed by atoms with Gasteiger partial charge in [0.05, 0.1) is 13.2 Å². The molecule has 0 aliphatic carbocycles. The molecule has 1 atom stereocenters. The van der Waals surface area contributed by atoms with E-state index in [1.54, 1.807) is 7.11 Å². The molecule has 0 bridgehead atoms. The van der Waals surface area contributed by atoms with Crippen LogP contribution in [0.3, 0.4) is 0 Å². The fourth-order valence-electron chi connectivity index (χ4n) is 2.78. The van der Waals surface area contributed by atoms with Gasteiger partial charge in [0.2, 0.25) is 5.89 Å². The smallest absolute Gasteiger partial charge is 0.276 e. The molecule has 1 N–H and O–H groups in total. The molecule has 4 rings (SSSR count). The number of aliphatic hydroxyl groups excluding tert-OH is 1. The number of rotatable bonds is 8. The summed E-state index contributed by atoms with van der Waals surface area (Å²) in [4.78, 5) is 0. The van der Waals surface area contributed by atoms with Gasteiger partial charge in [-0.2, -0.15) is 0 Å². The van der Waals surface area contributed by atoms with Crippen molar-refractivity contribution in [3.8, 4) is 23.0 Å². The van der Waals surface area contributed by atoms with Crippen molar-refractivity contribution >= 4 is 22.5 Å². The monoisotopic (exact) mass is 408 g/mol. The average molecular weight is 408 g/mol. The molecule has 7 heteroatoms. The molecular weight excluding hydrogens is 388 g/mol. The van der Waals surface area contributed by atoms with Crippen LogP contribution in [0, 0.1) is 0 Å². The predicted octanol–water partition coefficient (Wildman–Crippen LogP) is 4.43. The van der Waals surface area contributed by atoms with Crippen LogP contribution < -0.4 is 9.47 Å². The van der Waals surface area contributed by atoms with Gasteiger partial charge in [0, 0.05) is 11.3 Å². The zero-order valence-corrected chi connectivity index (χ0v) is 16.6. The molecule has 0 saturated heterocycles. The molecule has 6 nitrogen and oxygen atoms in total. The van der Waals surface area contributed by atoms with Crippen molar-refractivity contribution in [2.75, 3.05) is 19.5 Å². The Labute approximate surface area is 172 Å². The first-order valence-electron chi connectivity index (χ1n) is 9.11. The molecule has 0 fully saturated rings. The molecule has 0 aliphatic heterocycles. The standard InChI is InChI=1S/C22H20N2O4S/c1-26-19-9-7-16(8-10-19)21-23-24-22(28-21)29-14-18(25)13-27-20-11-6-15-4-2-3-5-17(15)12-20/h2-12,18,25H,13-14H2,1H3. The molecule has 0 saturated carbocycles. The highest BCUT2D eigenvalue weighted by atomic mass is 32.2. The first-order chi connectivity index (χ1) is 14.2. The van der Waals surface area contributed by atoms with E-state index in [0.717, 1.165) is 27.8 Å². The lowest BCUT2D eigenvalue weighted by molar-refractivity contribution is 0.126. The fourth-order valence-corrected chi connectivity index (χ4v) is 3.45. The summed E-state index contributed by atoms with van der Waals surface area (Å²) < 4.78 is 16.5. The summed E-state index contributed by atoms with van der Waals surface area (Å²) in [7, 11) is 1.62. The maximum absolute atomic E-state index is 10.2. The van der Waals surface area contributed by atoms with E-state index in [9.17, 15) is 5.11 Å². The van der Waals surface area contributed by atoms with Gasteiger partial charge < -0.3 is 19.0 Å². The first-order valence-corrected chi connectivity index (χ1v) is 10.1. The molecule has 148 valence electrons. The van der Waals surface area contributed by atoms with Gasteiger partial charge in [0.1, 0.15) is 18.1 Å². The number of methoxy groups -OCH3 is 1. The molecular formula is C22H20N2O4S. The summed E-state index contributed by atoms with van der Waals surface area (Å²) in [6.07, 6.45) is -0.664. The van der Waals surface area contributed by atoms with Crippen LogP contribution >= 0.6 is 11.8 Å². The number of ether oxygens (including phenoxy) is 2. The van der Waals surface area contributed by atoms with Gasteiger partial charge in [0.25, 0.3) is 5.22 Å². The highest BCUT2D eigenvalue weighted by molar-refractivity contribution is 7.99. The second kappa shape index (κ2) is 8.98. The Bertz CT molecular complexity index is 1080. The van der Waals surface area contributed by atoms with Crippen molar-refractivity contribution in [2.45, 2.75) is 11.3 Å². The van der Waals surface area contributed by atoms with E-state index < -0.39 is 6.10 Å². The maximum atomic E-state index is 10.2. The minimum atomic E-state index is -0.664. The maximum Gasteiger partial charge on any atom is 0.276 e. The Balaban J connectivity index is 1.29. The van der Waals surface area contributed by atoms with Crippen molar-refractivity contribution in [3.63, 3.8) is 0 Å². The Kier molecular flexibility index (Phi) is 5.97. The van der Waals surface area contributed by atoms with E-state index in [4.69, 9.17) is 13.9 Å². The number of hydrogen-bond donors (Lipinski definition) is 1. The van der Waals surface area contributed by atoms with Crippen LogP contribution in [-0.2, 0) is 0 Å². The molecule has 3 aromatic carbocycles.